The largest absolute Gasteiger partial charge is 0.497 e. The van der Waals surface area contributed by atoms with Crippen LogP contribution in [-0.4, -0.2) is 13.1 Å². The first-order chi connectivity index (χ1) is 12.6. The summed E-state index contributed by atoms with van der Waals surface area (Å²) in [6.45, 7) is 2.10. The summed E-state index contributed by atoms with van der Waals surface area (Å²) in [6.07, 6.45) is 2.84. The van der Waals surface area contributed by atoms with E-state index < -0.39 is 11.6 Å². The van der Waals surface area contributed by atoms with Crippen LogP contribution in [0.3, 0.4) is 0 Å². The van der Waals surface area contributed by atoms with Crippen molar-refractivity contribution in [1.82, 2.24) is 0 Å². The van der Waals surface area contributed by atoms with Crippen molar-refractivity contribution in [2.24, 2.45) is 0 Å². The number of benzene rings is 2. The second-order valence-corrected chi connectivity index (χ2v) is 5.97. The van der Waals surface area contributed by atoms with Crippen molar-refractivity contribution in [2.75, 3.05) is 7.11 Å². The quantitative estimate of drug-likeness (QED) is 0.374. The average molecular weight is 352 g/mol. The minimum Gasteiger partial charge on any atom is -0.497 e. The van der Waals surface area contributed by atoms with Crippen LogP contribution >= 0.6 is 0 Å². The monoisotopic (exact) mass is 352 g/mol. The molecule has 26 heavy (non-hydrogen) atoms. The van der Waals surface area contributed by atoms with E-state index in [-0.39, 0.29) is 0 Å². The molecule has 0 N–H and O–H groups in total. The van der Waals surface area contributed by atoms with Gasteiger partial charge in [-0.3, -0.25) is 0 Å². The van der Waals surface area contributed by atoms with Crippen molar-refractivity contribution in [3.05, 3.63) is 70.1 Å². The van der Waals surface area contributed by atoms with Crippen LogP contribution in [0.15, 0.2) is 57.7 Å². The number of unbranched alkanes of at least 4 members (excludes halogenated alkanes) is 1. The maximum atomic E-state index is 12.3. The molecule has 5 heteroatoms. The third-order valence-corrected chi connectivity index (χ3v) is 4.12. The Hall–Kier alpha value is -3.08. The van der Waals surface area contributed by atoms with Crippen molar-refractivity contribution in [3.8, 4) is 11.5 Å². The van der Waals surface area contributed by atoms with Gasteiger partial charge < -0.3 is 13.9 Å². The molecular weight excluding hydrogens is 332 g/mol. The first-order valence-corrected chi connectivity index (χ1v) is 8.53. The molecule has 3 aromatic rings. The summed E-state index contributed by atoms with van der Waals surface area (Å²) in [4.78, 5) is 24.1. The Balaban J connectivity index is 1.89. The van der Waals surface area contributed by atoms with Gasteiger partial charge in [-0.15, -0.1) is 0 Å². The van der Waals surface area contributed by atoms with Crippen LogP contribution in [0.25, 0.3) is 11.0 Å². The molecule has 134 valence electrons. The van der Waals surface area contributed by atoms with E-state index in [0.29, 0.717) is 22.6 Å². The van der Waals surface area contributed by atoms with Gasteiger partial charge in [0.25, 0.3) is 0 Å². The van der Waals surface area contributed by atoms with Gasteiger partial charge >= 0.3 is 11.6 Å². The molecule has 1 aromatic heterocycles. The van der Waals surface area contributed by atoms with Crippen molar-refractivity contribution >= 4 is 16.9 Å². The van der Waals surface area contributed by atoms with Gasteiger partial charge in [0.1, 0.15) is 17.1 Å². The molecule has 2 aromatic carbocycles. The number of methoxy groups -OCH3 is 1. The van der Waals surface area contributed by atoms with E-state index in [1.807, 2.05) is 6.07 Å². The highest BCUT2D eigenvalue weighted by atomic mass is 16.5. The summed E-state index contributed by atoms with van der Waals surface area (Å²) in [5.74, 6) is 0.387. The lowest BCUT2D eigenvalue weighted by Crippen LogP contribution is -2.09. The molecule has 0 aliphatic heterocycles. The van der Waals surface area contributed by atoms with Crippen LogP contribution in [0.1, 0.15) is 35.7 Å². The van der Waals surface area contributed by atoms with Gasteiger partial charge in [0, 0.05) is 17.5 Å². The third-order valence-electron chi connectivity index (χ3n) is 4.12. The maximum Gasteiger partial charge on any atom is 0.343 e. The SMILES string of the molecule is CCCCc1cc(=O)oc2cc(OC(=O)c3cccc(OC)c3)ccc12. The van der Waals surface area contributed by atoms with E-state index in [4.69, 9.17) is 13.9 Å². The Morgan fingerprint density at radius 3 is 2.69 bits per heavy atom. The summed E-state index contributed by atoms with van der Waals surface area (Å²) in [6, 6.07) is 13.3. The minimum atomic E-state index is -0.507. The Morgan fingerprint density at radius 2 is 1.92 bits per heavy atom. The fraction of sp³-hybridized carbons (Fsp3) is 0.238. The van der Waals surface area contributed by atoms with E-state index >= 15 is 0 Å². The van der Waals surface area contributed by atoms with Crippen molar-refractivity contribution < 1.29 is 18.7 Å². The lowest BCUT2D eigenvalue weighted by molar-refractivity contribution is 0.0734. The Bertz CT molecular complexity index is 987. The molecule has 1 heterocycles. The van der Waals surface area contributed by atoms with E-state index in [1.165, 1.54) is 13.2 Å². The zero-order valence-electron chi connectivity index (χ0n) is 14.8. The van der Waals surface area contributed by atoms with Crippen molar-refractivity contribution in [3.63, 3.8) is 0 Å². The summed E-state index contributed by atoms with van der Waals surface area (Å²) in [5.41, 5.74) is 1.34. The van der Waals surface area contributed by atoms with E-state index in [2.05, 4.69) is 6.92 Å². The third kappa shape index (κ3) is 3.94. The number of rotatable bonds is 6. The van der Waals surface area contributed by atoms with E-state index in [1.54, 1.807) is 36.4 Å². The molecule has 3 rings (SSSR count). The topological polar surface area (TPSA) is 65.7 Å². The molecule has 5 nitrogen and oxygen atoms in total. The number of carbonyl (C=O) groups is 1. The van der Waals surface area contributed by atoms with Gasteiger partial charge in [0.15, 0.2) is 0 Å². The first kappa shape index (κ1) is 17.7. The molecule has 0 fully saturated rings. The smallest absolute Gasteiger partial charge is 0.343 e. The highest BCUT2D eigenvalue weighted by Crippen LogP contribution is 2.25. The standard InChI is InChI=1S/C21H20O5/c1-3-4-6-14-12-20(22)26-19-13-17(9-10-18(14)19)25-21(23)15-7-5-8-16(11-15)24-2/h5,7-13H,3-4,6H2,1-2H3. The summed E-state index contributed by atoms with van der Waals surface area (Å²) < 4.78 is 15.8. The van der Waals surface area contributed by atoms with Gasteiger partial charge in [-0.2, -0.15) is 0 Å². The number of hydrogen-bond donors (Lipinski definition) is 0. The van der Waals surface area contributed by atoms with Gasteiger partial charge in [0.2, 0.25) is 0 Å². The summed E-state index contributed by atoms with van der Waals surface area (Å²) in [7, 11) is 1.53. The van der Waals surface area contributed by atoms with Gasteiger partial charge in [0.05, 0.1) is 12.7 Å². The maximum absolute atomic E-state index is 12.3. The highest BCUT2D eigenvalue weighted by molar-refractivity contribution is 5.92. The molecule has 0 bridgehead atoms. The lowest BCUT2D eigenvalue weighted by atomic mass is 10.0. The Labute approximate surface area is 151 Å². The van der Waals surface area contributed by atoms with E-state index in [0.717, 1.165) is 30.2 Å². The zero-order valence-corrected chi connectivity index (χ0v) is 14.8. The number of carbonyl (C=O) groups excluding carboxylic acids is 1. The minimum absolute atomic E-state index is 0.320. The molecule has 0 atom stereocenters. The average Bonchev–Trinajstić information content (AvgIpc) is 2.65. The summed E-state index contributed by atoms with van der Waals surface area (Å²) >= 11 is 0. The fourth-order valence-electron chi connectivity index (χ4n) is 2.76. The van der Waals surface area contributed by atoms with Crippen molar-refractivity contribution in [1.29, 1.82) is 0 Å². The fourth-order valence-corrected chi connectivity index (χ4v) is 2.76. The first-order valence-electron chi connectivity index (χ1n) is 8.53. The van der Waals surface area contributed by atoms with Crippen LogP contribution in [0, 0.1) is 0 Å². The van der Waals surface area contributed by atoms with Crippen LogP contribution in [-0.2, 0) is 6.42 Å². The molecule has 0 saturated carbocycles. The normalized spacial score (nSPS) is 10.7. The van der Waals surface area contributed by atoms with Crippen LogP contribution in [0.2, 0.25) is 0 Å². The molecule has 0 aliphatic carbocycles. The van der Waals surface area contributed by atoms with Gasteiger partial charge in [-0.05, 0) is 48.7 Å². The number of fused-ring (bicyclic) bond motifs is 1. The second-order valence-electron chi connectivity index (χ2n) is 5.97. The van der Waals surface area contributed by atoms with E-state index in [9.17, 15) is 9.59 Å². The number of hydrogen-bond acceptors (Lipinski definition) is 5. The molecule has 0 radical (unpaired) electrons. The lowest BCUT2D eigenvalue weighted by Gasteiger charge is -2.08. The van der Waals surface area contributed by atoms with Crippen molar-refractivity contribution in [2.45, 2.75) is 26.2 Å². The number of aryl methyl sites for hydroxylation is 1. The van der Waals surface area contributed by atoms with Crippen LogP contribution < -0.4 is 15.1 Å². The highest BCUT2D eigenvalue weighted by Gasteiger charge is 2.12. The number of esters is 1. The molecule has 0 saturated heterocycles. The second kappa shape index (κ2) is 7.87. The Kier molecular flexibility index (Phi) is 5.37. The predicted octanol–water partition coefficient (Wildman–Crippen LogP) is 4.36. The van der Waals surface area contributed by atoms with Gasteiger partial charge in [-0.25, -0.2) is 9.59 Å². The molecule has 0 aliphatic rings. The molecule has 0 amide bonds. The van der Waals surface area contributed by atoms with Crippen LogP contribution in [0.5, 0.6) is 11.5 Å². The van der Waals surface area contributed by atoms with Crippen LogP contribution in [0.4, 0.5) is 0 Å². The molecule has 0 unspecified atom stereocenters. The Morgan fingerprint density at radius 1 is 1.08 bits per heavy atom. The summed E-state index contributed by atoms with van der Waals surface area (Å²) in [5, 5.41) is 0.860. The zero-order chi connectivity index (χ0) is 18.5. The molecule has 0 spiro atoms. The van der Waals surface area contributed by atoms with Gasteiger partial charge in [-0.1, -0.05) is 19.4 Å². The number of ether oxygens (including phenoxy) is 2. The molecular formula is C21H20O5. The predicted molar refractivity (Wildman–Crippen MR) is 99.0 cm³/mol.